The molecule has 1 heterocycles. The van der Waals surface area contributed by atoms with Crippen molar-refractivity contribution in [2.45, 2.75) is 44.7 Å². The lowest BCUT2D eigenvalue weighted by atomic mass is 10.4. The van der Waals surface area contributed by atoms with Crippen LogP contribution in [-0.4, -0.2) is 34.7 Å². The first-order valence-corrected chi connectivity index (χ1v) is 8.95. The molecule has 0 amide bonds. The monoisotopic (exact) mass is 318 g/mol. The Hall–Kier alpha value is -0.890. The number of hydrogen-bond acceptors (Lipinski definition) is 5. The maximum atomic E-state index is 12.0. The Labute approximate surface area is 127 Å². The molecule has 0 fully saturated rings. The van der Waals surface area contributed by atoms with Crippen molar-refractivity contribution in [3.63, 3.8) is 0 Å². The van der Waals surface area contributed by atoms with Gasteiger partial charge in [0, 0.05) is 19.8 Å². The van der Waals surface area contributed by atoms with E-state index < -0.39 is 10.0 Å². The highest BCUT2D eigenvalue weighted by Crippen LogP contribution is 2.13. The second kappa shape index (κ2) is 9.94. The number of sulfonamides is 1. The van der Waals surface area contributed by atoms with E-state index in [1.807, 2.05) is 6.92 Å². The summed E-state index contributed by atoms with van der Waals surface area (Å²) in [5, 5.41) is 3.04. The van der Waals surface area contributed by atoms with Crippen molar-refractivity contribution in [2.24, 2.45) is 0 Å². The van der Waals surface area contributed by atoms with Gasteiger partial charge in [-0.25, -0.2) is 13.1 Å². The predicted octanol–water partition coefficient (Wildman–Crippen LogP) is 1.87. The lowest BCUT2D eigenvalue weighted by Crippen LogP contribution is -2.25. The normalized spacial score (nSPS) is 11.9. The Kier molecular flexibility index (Phi) is 8.60. The molecule has 0 atom stereocenters. The summed E-state index contributed by atoms with van der Waals surface area (Å²) >= 11 is 0. The Balaban J connectivity index is 2.31. The Bertz CT molecular complexity index is 485. The molecule has 2 N–H and O–H groups in total. The van der Waals surface area contributed by atoms with E-state index in [0.29, 0.717) is 31.9 Å². The number of rotatable bonds is 12. The second-order valence-corrected chi connectivity index (χ2v) is 6.42. The second-order valence-electron chi connectivity index (χ2n) is 4.72. The Morgan fingerprint density at radius 2 is 1.95 bits per heavy atom. The minimum atomic E-state index is -3.56. The van der Waals surface area contributed by atoms with Gasteiger partial charge in [0.2, 0.25) is 5.09 Å². The number of nitrogens with one attached hydrogen (secondary N) is 2. The molecule has 1 aromatic rings. The van der Waals surface area contributed by atoms with E-state index in [4.69, 9.17) is 9.15 Å². The van der Waals surface area contributed by atoms with Gasteiger partial charge in [-0.2, -0.15) is 0 Å². The fourth-order valence-corrected chi connectivity index (χ4v) is 2.67. The molecule has 0 radical (unpaired) electrons. The van der Waals surface area contributed by atoms with Crippen molar-refractivity contribution >= 4 is 10.0 Å². The number of ether oxygens (including phenoxy) is 1. The minimum absolute atomic E-state index is 0.0395. The average Bonchev–Trinajstić information content (AvgIpc) is 2.94. The van der Waals surface area contributed by atoms with Crippen LogP contribution in [0, 0.1) is 0 Å². The van der Waals surface area contributed by atoms with E-state index in [2.05, 4.69) is 17.0 Å². The molecule has 0 spiro atoms. The fraction of sp³-hybridized carbons (Fsp3) is 0.714. The molecule has 6 nitrogen and oxygen atoms in total. The van der Waals surface area contributed by atoms with Crippen molar-refractivity contribution in [3.05, 3.63) is 17.9 Å². The topological polar surface area (TPSA) is 80.6 Å². The number of unbranched alkanes of at least 4 members (excludes halogenated alkanes) is 1. The lowest BCUT2D eigenvalue weighted by Gasteiger charge is -2.05. The van der Waals surface area contributed by atoms with Crippen molar-refractivity contribution in [1.82, 2.24) is 10.0 Å². The van der Waals surface area contributed by atoms with Crippen molar-refractivity contribution in [1.29, 1.82) is 0 Å². The molecule has 0 saturated heterocycles. The molecule has 0 saturated carbocycles. The number of hydrogen-bond donors (Lipinski definition) is 2. The molecule has 7 heteroatoms. The molecular weight excluding hydrogens is 292 g/mol. The zero-order valence-electron chi connectivity index (χ0n) is 12.9. The molecule has 0 unspecified atom stereocenters. The third-order valence-electron chi connectivity index (χ3n) is 2.85. The van der Waals surface area contributed by atoms with Crippen molar-refractivity contribution in [3.8, 4) is 0 Å². The van der Waals surface area contributed by atoms with Crippen LogP contribution >= 0.6 is 0 Å². The van der Waals surface area contributed by atoms with E-state index in [1.54, 1.807) is 6.07 Å². The van der Waals surface area contributed by atoms with Gasteiger partial charge >= 0.3 is 0 Å². The first-order valence-electron chi connectivity index (χ1n) is 7.47. The number of furan rings is 1. The third-order valence-corrected chi connectivity index (χ3v) is 4.18. The summed E-state index contributed by atoms with van der Waals surface area (Å²) in [6.07, 6.45) is 2.78. The van der Waals surface area contributed by atoms with Crippen LogP contribution in [0.15, 0.2) is 21.6 Å². The van der Waals surface area contributed by atoms with Crippen LogP contribution in [0.5, 0.6) is 0 Å². The smallest absolute Gasteiger partial charge is 0.273 e. The van der Waals surface area contributed by atoms with Crippen LogP contribution in [0.3, 0.4) is 0 Å². The van der Waals surface area contributed by atoms with E-state index in [0.717, 1.165) is 26.0 Å². The SMILES string of the molecule is CCCCOCCCNS(=O)(=O)c1ccc(CNCC)o1. The van der Waals surface area contributed by atoms with Gasteiger partial charge in [0.05, 0.1) is 6.54 Å². The van der Waals surface area contributed by atoms with Crippen LogP contribution < -0.4 is 10.0 Å². The molecule has 0 aliphatic rings. The van der Waals surface area contributed by atoms with E-state index in [-0.39, 0.29) is 5.09 Å². The van der Waals surface area contributed by atoms with Gasteiger partial charge in [0.1, 0.15) is 5.76 Å². The molecule has 1 rings (SSSR count). The summed E-state index contributed by atoms with van der Waals surface area (Å²) in [4.78, 5) is 0. The summed E-state index contributed by atoms with van der Waals surface area (Å²) in [7, 11) is -3.56. The van der Waals surface area contributed by atoms with Gasteiger partial charge in [-0.3, -0.25) is 0 Å². The molecule has 1 aromatic heterocycles. The van der Waals surface area contributed by atoms with Gasteiger partial charge in [-0.1, -0.05) is 20.3 Å². The van der Waals surface area contributed by atoms with Gasteiger partial charge in [-0.05, 0) is 31.5 Å². The summed E-state index contributed by atoms with van der Waals surface area (Å²) in [6, 6.07) is 3.15. The van der Waals surface area contributed by atoms with Gasteiger partial charge in [0.25, 0.3) is 10.0 Å². The summed E-state index contributed by atoms with van der Waals surface area (Å²) in [6.45, 7) is 7.05. The molecule has 0 bridgehead atoms. The molecule has 0 aliphatic heterocycles. The summed E-state index contributed by atoms with van der Waals surface area (Å²) in [5.41, 5.74) is 0. The highest BCUT2D eigenvalue weighted by atomic mass is 32.2. The van der Waals surface area contributed by atoms with Gasteiger partial charge in [-0.15, -0.1) is 0 Å². The minimum Gasteiger partial charge on any atom is -0.447 e. The van der Waals surface area contributed by atoms with Crippen LogP contribution in [-0.2, 0) is 21.3 Å². The lowest BCUT2D eigenvalue weighted by molar-refractivity contribution is 0.130. The fourth-order valence-electron chi connectivity index (χ4n) is 1.65. The third kappa shape index (κ3) is 7.08. The maximum Gasteiger partial charge on any atom is 0.273 e. The van der Waals surface area contributed by atoms with Gasteiger partial charge < -0.3 is 14.5 Å². The maximum absolute atomic E-state index is 12.0. The largest absolute Gasteiger partial charge is 0.447 e. The standard InChI is InChI=1S/C14H26N2O4S/c1-3-5-10-19-11-6-9-16-21(17,18)14-8-7-13(20-14)12-15-4-2/h7-8,15-16H,3-6,9-12H2,1-2H3. The summed E-state index contributed by atoms with van der Waals surface area (Å²) < 4.78 is 37.2. The van der Waals surface area contributed by atoms with Crippen LogP contribution in [0.2, 0.25) is 0 Å². The Morgan fingerprint density at radius 3 is 2.67 bits per heavy atom. The van der Waals surface area contributed by atoms with E-state index >= 15 is 0 Å². The molecule has 0 aromatic carbocycles. The molecule has 122 valence electrons. The van der Waals surface area contributed by atoms with Crippen molar-refractivity contribution in [2.75, 3.05) is 26.3 Å². The first kappa shape index (κ1) is 18.2. The quantitative estimate of drug-likeness (QED) is 0.575. The highest BCUT2D eigenvalue weighted by Gasteiger charge is 2.17. The zero-order chi connectivity index (χ0) is 15.6. The van der Waals surface area contributed by atoms with Gasteiger partial charge in [0.15, 0.2) is 0 Å². The van der Waals surface area contributed by atoms with E-state index in [9.17, 15) is 8.42 Å². The molecule has 21 heavy (non-hydrogen) atoms. The van der Waals surface area contributed by atoms with E-state index in [1.165, 1.54) is 6.07 Å². The highest BCUT2D eigenvalue weighted by molar-refractivity contribution is 7.89. The van der Waals surface area contributed by atoms with Crippen LogP contribution in [0.4, 0.5) is 0 Å². The first-order chi connectivity index (χ1) is 10.1. The van der Waals surface area contributed by atoms with Crippen LogP contribution in [0.1, 0.15) is 38.9 Å². The van der Waals surface area contributed by atoms with Crippen molar-refractivity contribution < 1.29 is 17.6 Å². The van der Waals surface area contributed by atoms with Crippen LogP contribution in [0.25, 0.3) is 0 Å². The molecule has 0 aliphatic carbocycles. The zero-order valence-corrected chi connectivity index (χ0v) is 13.7. The average molecular weight is 318 g/mol. The Morgan fingerprint density at radius 1 is 1.19 bits per heavy atom. The predicted molar refractivity (Wildman–Crippen MR) is 81.6 cm³/mol. The molecular formula is C14H26N2O4S. The summed E-state index contributed by atoms with van der Waals surface area (Å²) in [5.74, 6) is 0.611.